The Hall–Kier alpha value is -1.03. The van der Waals surface area contributed by atoms with Crippen molar-refractivity contribution in [3.05, 3.63) is 12.4 Å². The van der Waals surface area contributed by atoms with E-state index in [1.54, 1.807) is 0 Å². The highest BCUT2D eigenvalue weighted by molar-refractivity contribution is 5.25. The average molecular weight is 236 g/mol. The lowest BCUT2D eigenvalue weighted by molar-refractivity contribution is 0.323. The van der Waals surface area contributed by atoms with Crippen LogP contribution in [0.5, 0.6) is 0 Å². The van der Waals surface area contributed by atoms with Gasteiger partial charge < -0.3 is 14.8 Å². The lowest BCUT2D eigenvalue weighted by Gasteiger charge is -2.16. The van der Waals surface area contributed by atoms with E-state index in [1.807, 2.05) is 6.20 Å². The number of hydrogen-bond acceptors (Lipinski definition) is 3. The molecule has 0 bridgehead atoms. The van der Waals surface area contributed by atoms with E-state index in [-0.39, 0.29) is 0 Å². The summed E-state index contributed by atoms with van der Waals surface area (Å²) in [5.41, 5.74) is 0. The molecule has 1 N–H and O–H groups in total. The van der Waals surface area contributed by atoms with Gasteiger partial charge in [-0.05, 0) is 31.8 Å². The molecule has 1 aliphatic rings. The molecule has 2 heterocycles. The van der Waals surface area contributed by atoms with Gasteiger partial charge in [-0.1, -0.05) is 13.8 Å². The summed E-state index contributed by atoms with van der Waals surface area (Å²) < 4.78 is 2.22. The summed E-state index contributed by atoms with van der Waals surface area (Å²) in [7, 11) is 0. The standard InChI is InChI=1S/C13H24N4/c1-12(2)11-15-13-14-5-8-17(13)10-9-16-6-3-4-7-16/h5,8,12H,3-4,6-7,9-11H2,1-2H3,(H,14,15). The summed E-state index contributed by atoms with van der Waals surface area (Å²) in [5, 5.41) is 3.40. The summed E-state index contributed by atoms with van der Waals surface area (Å²) >= 11 is 0. The summed E-state index contributed by atoms with van der Waals surface area (Å²) in [6.07, 6.45) is 6.68. The zero-order chi connectivity index (χ0) is 12.1. The molecule has 1 saturated heterocycles. The fraction of sp³-hybridized carbons (Fsp3) is 0.769. The molecule has 0 radical (unpaired) electrons. The molecule has 4 nitrogen and oxygen atoms in total. The number of imidazole rings is 1. The van der Waals surface area contributed by atoms with E-state index in [4.69, 9.17) is 0 Å². The van der Waals surface area contributed by atoms with Crippen LogP contribution < -0.4 is 5.32 Å². The zero-order valence-electron chi connectivity index (χ0n) is 11.0. The van der Waals surface area contributed by atoms with Crippen LogP contribution in [0.25, 0.3) is 0 Å². The second kappa shape index (κ2) is 6.05. The lowest BCUT2D eigenvalue weighted by Crippen LogP contribution is -2.24. The molecule has 17 heavy (non-hydrogen) atoms. The Morgan fingerprint density at radius 3 is 2.76 bits per heavy atom. The Kier molecular flexibility index (Phi) is 4.42. The van der Waals surface area contributed by atoms with Crippen molar-refractivity contribution in [3.8, 4) is 0 Å². The van der Waals surface area contributed by atoms with Gasteiger partial charge in [0.15, 0.2) is 0 Å². The molecule has 0 spiro atoms. The van der Waals surface area contributed by atoms with Crippen molar-refractivity contribution in [2.45, 2.75) is 33.2 Å². The van der Waals surface area contributed by atoms with Crippen molar-refractivity contribution in [3.63, 3.8) is 0 Å². The third-order valence-electron chi connectivity index (χ3n) is 3.24. The minimum absolute atomic E-state index is 0.652. The summed E-state index contributed by atoms with van der Waals surface area (Å²) in [5.74, 6) is 1.66. The van der Waals surface area contributed by atoms with Gasteiger partial charge >= 0.3 is 0 Å². The van der Waals surface area contributed by atoms with Crippen molar-refractivity contribution >= 4 is 5.95 Å². The van der Waals surface area contributed by atoms with Gasteiger partial charge in [-0.25, -0.2) is 4.98 Å². The molecule has 0 saturated carbocycles. The van der Waals surface area contributed by atoms with Crippen molar-refractivity contribution in [1.29, 1.82) is 0 Å². The van der Waals surface area contributed by atoms with Crippen LogP contribution in [0.4, 0.5) is 5.95 Å². The Balaban J connectivity index is 1.80. The molecule has 0 atom stereocenters. The van der Waals surface area contributed by atoms with Gasteiger partial charge in [0, 0.05) is 32.0 Å². The smallest absolute Gasteiger partial charge is 0.202 e. The molecule has 1 aromatic rings. The third kappa shape index (κ3) is 3.73. The zero-order valence-corrected chi connectivity index (χ0v) is 11.0. The fourth-order valence-electron chi connectivity index (χ4n) is 2.21. The predicted molar refractivity (Wildman–Crippen MR) is 71.2 cm³/mol. The molecule has 1 fully saturated rings. The van der Waals surface area contributed by atoms with Crippen LogP contribution >= 0.6 is 0 Å². The monoisotopic (exact) mass is 236 g/mol. The maximum atomic E-state index is 4.37. The quantitative estimate of drug-likeness (QED) is 0.820. The average Bonchev–Trinajstić information content (AvgIpc) is 2.95. The normalized spacial score (nSPS) is 16.9. The molecule has 0 amide bonds. The minimum atomic E-state index is 0.652. The van der Waals surface area contributed by atoms with Crippen LogP contribution in [-0.4, -0.2) is 40.6 Å². The minimum Gasteiger partial charge on any atom is -0.355 e. The Morgan fingerprint density at radius 1 is 1.29 bits per heavy atom. The molecule has 0 aliphatic carbocycles. The molecule has 1 aliphatic heterocycles. The lowest BCUT2D eigenvalue weighted by atomic mass is 10.2. The number of nitrogens with one attached hydrogen (secondary N) is 1. The number of nitrogens with zero attached hydrogens (tertiary/aromatic N) is 3. The van der Waals surface area contributed by atoms with Crippen molar-refractivity contribution < 1.29 is 0 Å². The molecule has 96 valence electrons. The number of rotatable bonds is 6. The van der Waals surface area contributed by atoms with E-state index in [0.717, 1.165) is 25.6 Å². The van der Waals surface area contributed by atoms with Gasteiger partial charge in [0.25, 0.3) is 0 Å². The first kappa shape index (κ1) is 12.4. The number of aromatic nitrogens is 2. The first-order valence-corrected chi connectivity index (χ1v) is 6.73. The molecule has 0 aromatic carbocycles. The van der Waals surface area contributed by atoms with Crippen LogP contribution in [0.15, 0.2) is 12.4 Å². The van der Waals surface area contributed by atoms with Crippen molar-refractivity contribution in [2.75, 3.05) is 31.5 Å². The van der Waals surface area contributed by atoms with Crippen LogP contribution in [0.2, 0.25) is 0 Å². The van der Waals surface area contributed by atoms with Gasteiger partial charge in [0.05, 0.1) is 0 Å². The summed E-state index contributed by atoms with van der Waals surface area (Å²) in [6.45, 7) is 10.1. The molecule has 0 unspecified atom stereocenters. The van der Waals surface area contributed by atoms with Crippen molar-refractivity contribution in [1.82, 2.24) is 14.5 Å². The number of hydrogen-bond donors (Lipinski definition) is 1. The molecular weight excluding hydrogens is 212 g/mol. The fourth-order valence-corrected chi connectivity index (χ4v) is 2.21. The highest BCUT2D eigenvalue weighted by atomic mass is 15.2. The van der Waals surface area contributed by atoms with Gasteiger partial charge in [-0.15, -0.1) is 0 Å². The summed E-state index contributed by atoms with van der Waals surface area (Å²) in [4.78, 5) is 6.90. The maximum Gasteiger partial charge on any atom is 0.202 e. The van der Waals surface area contributed by atoms with E-state index in [1.165, 1.54) is 25.9 Å². The first-order valence-electron chi connectivity index (χ1n) is 6.73. The highest BCUT2D eigenvalue weighted by Gasteiger charge is 2.11. The van der Waals surface area contributed by atoms with Crippen LogP contribution in [0.1, 0.15) is 26.7 Å². The summed E-state index contributed by atoms with van der Waals surface area (Å²) in [6, 6.07) is 0. The topological polar surface area (TPSA) is 33.1 Å². The van der Waals surface area contributed by atoms with E-state index < -0.39 is 0 Å². The van der Waals surface area contributed by atoms with Gasteiger partial charge in [-0.2, -0.15) is 0 Å². The Bertz CT molecular complexity index is 326. The van der Waals surface area contributed by atoms with Gasteiger partial charge in [0.2, 0.25) is 5.95 Å². The van der Waals surface area contributed by atoms with Gasteiger partial charge in [0.1, 0.15) is 0 Å². The van der Waals surface area contributed by atoms with Crippen LogP contribution in [-0.2, 0) is 6.54 Å². The maximum absolute atomic E-state index is 4.37. The highest BCUT2D eigenvalue weighted by Crippen LogP contribution is 2.09. The molecular formula is C13H24N4. The second-order valence-electron chi connectivity index (χ2n) is 5.27. The first-order chi connectivity index (χ1) is 8.25. The van der Waals surface area contributed by atoms with E-state index in [9.17, 15) is 0 Å². The van der Waals surface area contributed by atoms with E-state index in [0.29, 0.717) is 5.92 Å². The number of likely N-dealkylation sites (tertiary alicyclic amines) is 1. The van der Waals surface area contributed by atoms with E-state index in [2.05, 4.69) is 39.8 Å². The molecule has 2 rings (SSSR count). The van der Waals surface area contributed by atoms with Crippen LogP contribution in [0.3, 0.4) is 0 Å². The van der Waals surface area contributed by atoms with E-state index >= 15 is 0 Å². The Labute approximate surface area is 104 Å². The van der Waals surface area contributed by atoms with Gasteiger partial charge in [-0.3, -0.25) is 0 Å². The predicted octanol–water partition coefficient (Wildman–Crippen LogP) is 2.05. The molecule has 1 aromatic heterocycles. The third-order valence-corrected chi connectivity index (χ3v) is 3.24. The second-order valence-corrected chi connectivity index (χ2v) is 5.27. The van der Waals surface area contributed by atoms with Crippen LogP contribution in [0, 0.1) is 5.92 Å². The Morgan fingerprint density at radius 2 is 2.06 bits per heavy atom. The number of anilines is 1. The largest absolute Gasteiger partial charge is 0.355 e. The van der Waals surface area contributed by atoms with Crippen molar-refractivity contribution in [2.24, 2.45) is 5.92 Å². The molecule has 4 heteroatoms. The SMILES string of the molecule is CC(C)CNc1nccn1CCN1CCCC1.